The van der Waals surface area contributed by atoms with E-state index in [0.29, 0.717) is 0 Å². The van der Waals surface area contributed by atoms with E-state index in [9.17, 15) is 5.11 Å². The topological polar surface area (TPSA) is 63.4 Å². The molecule has 2 aromatic heterocycles. The first-order valence-corrected chi connectivity index (χ1v) is 8.00. The average Bonchev–Trinajstić information content (AvgIpc) is 2.83. The molecule has 0 spiro atoms. The Morgan fingerprint density at radius 1 is 1.30 bits per heavy atom. The molecule has 0 aliphatic carbocycles. The van der Waals surface area contributed by atoms with Crippen molar-refractivity contribution in [3.8, 4) is 5.75 Å². The molecule has 6 nitrogen and oxygen atoms in total. The molecule has 1 N–H and O–H groups in total. The highest BCUT2D eigenvalue weighted by Crippen LogP contribution is 2.25. The summed E-state index contributed by atoms with van der Waals surface area (Å²) in [6, 6.07) is 1.99. The first-order valence-electron chi connectivity index (χ1n) is 8.00. The Labute approximate surface area is 136 Å². The fourth-order valence-electron chi connectivity index (χ4n) is 3.24. The van der Waals surface area contributed by atoms with Crippen LogP contribution >= 0.6 is 0 Å². The third-order valence-electron chi connectivity index (χ3n) is 4.43. The fraction of sp³-hybridized carbons (Fsp3) is 0.529. The van der Waals surface area contributed by atoms with E-state index in [-0.39, 0.29) is 6.61 Å². The van der Waals surface area contributed by atoms with E-state index in [4.69, 9.17) is 4.74 Å². The molecule has 0 amide bonds. The van der Waals surface area contributed by atoms with Gasteiger partial charge in [0.2, 0.25) is 0 Å². The number of aliphatic hydroxyl groups is 1. The molecule has 124 valence electrons. The van der Waals surface area contributed by atoms with Gasteiger partial charge in [-0.05, 0) is 26.3 Å². The number of rotatable bonds is 4. The van der Waals surface area contributed by atoms with Gasteiger partial charge < -0.3 is 9.84 Å². The summed E-state index contributed by atoms with van der Waals surface area (Å²) in [4.78, 5) is 6.99. The molecule has 1 aliphatic rings. The number of aliphatic hydroxyl groups excluding tert-OH is 1. The fourth-order valence-corrected chi connectivity index (χ4v) is 3.24. The third kappa shape index (κ3) is 3.23. The molecule has 0 unspecified atom stereocenters. The van der Waals surface area contributed by atoms with Gasteiger partial charge in [-0.3, -0.25) is 14.6 Å². The summed E-state index contributed by atoms with van der Waals surface area (Å²) >= 11 is 0. The molecule has 0 atom stereocenters. The Bertz CT molecular complexity index is 696. The molecule has 0 fully saturated rings. The zero-order valence-corrected chi connectivity index (χ0v) is 14.0. The summed E-state index contributed by atoms with van der Waals surface area (Å²) in [6.45, 7) is 7.61. The number of fused-ring (bicyclic) bond motifs is 1. The van der Waals surface area contributed by atoms with Crippen molar-refractivity contribution in [2.45, 2.75) is 46.5 Å². The van der Waals surface area contributed by atoms with Gasteiger partial charge in [-0.2, -0.15) is 5.10 Å². The number of hydrogen-bond acceptors (Lipinski definition) is 5. The highest BCUT2D eigenvalue weighted by Gasteiger charge is 2.19. The minimum Gasteiger partial charge on any atom is -0.496 e. The molecule has 0 aromatic carbocycles. The van der Waals surface area contributed by atoms with Crippen LogP contribution in [0.25, 0.3) is 0 Å². The lowest BCUT2D eigenvalue weighted by Crippen LogP contribution is -2.24. The molecular weight excluding hydrogens is 292 g/mol. The minimum absolute atomic E-state index is 0.00414. The monoisotopic (exact) mass is 316 g/mol. The number of methoxy groups -OCH3 is 1. The quantitative estimate of drug-likeness (QED) is 0.932. The van der Waals surface area contributed by atoms with Gasteiger partial charge in [0.1, 0.15) is 5.75 Å². The lowest BCUT2D eigenvalue weighted by molar-refractivity contribution is 0.255. The second-order valence-electron chi connectivity index (χ2n) is 6.12. The van der Waals surface area contributed by atoms with E-state index in [1.165, 1.54) is 0 Å². The number of nitrogens with zero attached hydrogens (tertiary/aromatic N) is 4. The number of hydrogen-bond donors (Lipinski definition) is 1. The first-order chi connectivity index (χ1) is 11.1. The lowest BCUT2D eigenvalue weighted by Gasteiger charge is -2.21. The molecule has 3 rings (SSSR count). The van der Waals surface area contributed by atoms with Crippen LogP contribution in [0.2, 0.25) is 0 Å². The van der Waals surface area contributed by atoms with Gasteiger partial charge in [0.25, 0.3) is 0 Å². The summed E-state index contributed by atoms with van der Waals surface area (Å²) in [5.41, 5.74) is 5.14. The molecular formula is C17H24N4O2. The number of aryl methyl sites for hydroxylation is 2. The summed E-state index contributed by atoms with van der Waals surface area (Å²) in [5, 5.41) is 13.7. The molecule has 1 aliphatic heterocycles. The van der Waals surface area contributed by atoms with E-state index in [1.807, 2.05) is 23.9 Å². The highest BCUT2D eigenvalue weighted by molar-refractivity contribution is 5.41. The second kappa shape index (κ2) is 6.68. The molecule has 23 heavy (non-hydrogen) atoms. The van der Waals surface area contributed by atoms with Crippen LogP contribution in [0, 0.1) is 13.8 Å². The van der Waals surface area contributed by atoms with Crippen LogP contribution in [-0.2, 0) is 26.2 Å². The van der Waals surface area contributed by atoms with Crippen molar-refractivity contribution in [3.05, 3.63) is 40.5 Å². The van der Waals surface area contributed by atoms with Gasteiger partial charge >= 0.3 is 0 Å². The average molecular weight is 316 g/mol. The predicted octanol–water partition coefficient (Wildman–Crippen LogP) is 1.80. The molecule has 0 saturated carbocycles. The van der Waals surface area contributed by atoms with E-state index >= 15 is 0 Å². The largest absolute Gasteiger partial charge is 0.496 e. The SMILES string of the molecule is COc1c(C)cnc(CN2CCCn3nc(CO)cc3C2)c1C. The van der Waals surface area contributed by atoms with Crippen LogP contribution in [0.3, 0.4) is 0 Å². The molecule has 3 heterocycles. The maximum atomic E-state index is 9.26. The zero-order valence-electron chi connectivity index (χ0n) is 14.0. The van der Waals surface area contributed by atoms with Crippen molar-refractivity contribution in [1.82, 2.24) is 19.7 Å². The summed E-state index contributed by atoms with van der Waals surface area (Å²) < 4.78 is 7.52. The Morgan fingerprint density at radius 3 is 2.87 bits per heavy atom. The summed E-state index contributed by atoms with van der Waals surface area (Å²) in [6.07, 6.45) is 2.93. The van der Waals surface area contributed by atoms with Crippen molar-refractivity contribution >= 4 is 0 Å². The summed E-state index contributed by atoms with van der Waals surface area (Å²) in [5.74, 6) is 0.928. The molecule has 6 heteroatoms. The van der Waals surface area contributed by atoms with Crippen molar-refractivity contribution in [3.63, 3.8) is 0 Å². The Morgan fingerprint density at radius 2 is 2.13 bits per heavy atom. The zero-order chi connectivity index (χ0) is 16.4. The van der Waals surface area contributed by atoms with Gasteiger partial charge in [-0.15, -0.1) is 0 Å². The first kappa shape index (κ1) is 16.0. The van der Waals surface area contributed by atoms with Gasteiger partial charge in [0, 0.05) is 43.5 Å². The minimum atomic E-state index is -0.00414. The second-order valence-corrected chi connectivity index (χ2v) is 6.12. The molecule has 2 aromatic rings. The van der Waals surface area contributed by atoms with Crippen LogP contribution in [0.5, 0.6) is 5.75 Å². The Hall–Kier alpha value is -1.92. The Kier molecular flexibility index (Phi) is 4.63. The van der Waals surface area contributed by atoms with Crippen LogP contribution in [0.1, 0.15) is 34.6 Å². The van der Waals surface area contributed by atoms with E-state index in [0.717, 1.165) is 66.6 Å². The standard InChI is InChI=1S/C17H24N4O2/c1-12-8-18-16(13(2)17(12)23-3)10-20-5-4-6-21-15(9-20)7-14(11-22)19-21/h7-8,22H,4-6,9-11H2,1-3H3. The summed E-state index contributed by atoms with van der Waals surface area (Å²) in [7, 11) is 1.71. The third-order valence-corrected chi connectivity index (χ3v) is 4.43. The Balaban J connectivity index is 1.80. The normalized spacial score (nSPS) is 15.3. The van der Waals surface area contributed by atoms with Crippen molar-refractivity contribution < 1.29 is 9.84 Å². The maximum Gasteiger partial charge on any atom is 0.128 e. The molecule has 0 bridgehead atoms. The predicted molar refractivity (Wildman–Crippen MR) is 87.1 cm³/mol. The molecule has 0 radical (unpaired) electrons. The maximum absolute atomic E-state index is 9.26. The molecule has 0 saturated heterocycles. The van der Waals surface area contributed by atoms with Gasteiger partial charge in [0.15, 0.2) is 0 Å². The van der Waals surface area contributed by atoms with Crippen LogP contribution in [0.4, 0.5) is 0 Å². The van der Waals surface area contributed by atoms with E-state index in [2.05, 4.69) is 21.9 Å². The van der Waals surface area contributed by atoms with Crippen molar-refractivity contribution in [1.29, 1.82) is 0 Å². The van der Waals surface area contributed by atoms with Gasteiger partial charge in [-0.25, -0.2) is 0 Å². The smallest absolute Gasteiger partial charge is 0.128 e. The van der Waals surface area contributed by atoms with Gasteiger partial charge in [-0.1, -0.05) is 0 Å². The van der Waals surface area contributed by atoms with Crippen LogP contribution in [0.15, 0.2) is 12.3 Å². The van der Waals surface area contributed by atoms with Crippen LogP contribution < -0.4 is 4.74 Å². The number of aromatic nitrogens is 3. The highest BCUT2D eigenvalue weighted by atomic mass is 16.5. The van der Waals surface area contributed by atoms with E-state index < -0.39 is 0 Å². The number of pyridine rings is 1. The van der Waals surface area contributed by atoms with Crippen molar-refractivity contribution in [2.24, 2.45) is 0 Å². The van der Waals surface area contributed by atoms with E-state index in [1.54, 1.807) is 7.11 Å². The van der Waals surface area contributed by atoms with Crippen molar-refractivity contribution in [2.75, 3.05) is 13.7 Å². The lowest BCUT2D eigenvalue weighted by atomic mass is 10.1. The van der Waals surface area contributed by atoms with Crippen LogP contribution in [-0.4, -0.2) is 38.4 Å². The van der Waals surface area contributed by atoms with Gasteiger partial charge in [0.05, 0.1) is 30.8 Å². The number of ether oxygens (including phenoxy) is 1.